The quantitative estimate of drug-likeness (QED) is 0.195. The van der Waals surface area contributed by atoms with Crippen LogP contribution >= 0.6 is 0 Å². The van der Waals surface area contributed by atoms with E-state index in [1.807, 2.05) is 30.3 Å². The predicted octanol–water partition coefficient (Wildman–Crippen LogP) is 7.85. The molecule has 1 N–H and O–H groups in total. The van der Waals surface area contributed by atoms with Crippen molar-refractivity contribution in [3.05, 3.63) is 94.6 Å². The van der Waals surface area contributed by atoms with Gasteiger partial charge in [0.1, 0.15) is 0 Å². The van der Waals surface area contributed by atoms with Crippen LogP contribution in [-0.4, -0.2) is 29.2 Å². The zero-order valence-electron chi connectivity index (χ0n) is 24.1. The van der Waals surface area contributed by atoms with Crippen molar-refractivity contribution in [3.63, 3.8) is 0 Å². The number of rotatable bonds is 11. The Morgan fingerprint density at radius 1 is 0.927 bits per heavy atom. The molecule has 0 radical (unpaired) electrons. The normalized spacial score (nSPS) is 15.8. The van der Waals surface area contributed by atoms with Gasteiger partial charge in [-0.1, -0.05) is 74.9 Å². The minimum atomic E-state index is -1.21. The summed E-state index contributed by atoms with van der Waals surface area (Å²) in [7, 11) is 0. The lowest BCUT2D eigenvalue weighted by atomic mass is 9.97. The average Bonchev–Trinajstić information content (AvgIpc) is 3.31. The van der Waals surface area contributed by atoms with E-state index in [4.69, 9.17) is 0 Å². The average molecular weight is 550 g/mol. The summed E-state index contributed by atoms with van der Waals surface area (Å²) >= 11 is 0. The van der Waals surface area contributed by atoms with E-state index in [1.54, 1.807) is 6.08 Å². The van der Waals surface area contributed by atoms with Crippen LogP contribution in [-0.2, 0) is 22.4 Å². The molecule has 41 heavy (non-hydrogen) atoms. The number of anilines is 3. The maximum Gasteiger partial charge on any atom is 0.357 e. The molecule has 0 spiro atoms. The Labute approximate surface area is 243 Å². The van der Waals surface area contributed by atoms with Crippen LogP contribution in [0, 0.1) is 6.92 Å². The molecule has 0 saturated carbocycles. The summed E-state index contributed by atoms with van der Waals surface area (Å²) in [5.41, 5.74) is 7.16. The number of benzene rings is 3. The molecule has 0 bridgehead atoms. The highest BCUT2D eigenvalue weighted by Gasteiger charge is 2.35. The van der Waals surface area contributed by atoms with Crippen molar-refractivity contribution in [2.75, 3.05) is 16.5 Å². The first-order valence-corrected chi connectivity index (χ1v) is 14.9. The maximum atomic E-state index is 13.4. The Hall–Kier alpha value is -4.19. The number of carboxylic acid groups (broad SMARTS) is 1. The molecule has 2 heterocycles. The number of hydrogen-bond donors (Lipinski definition) is 1. The number of aryl methyl sites for hydroxylation is 3. The number of fused-ring (bicyclic) bond motifs is 1. The SMILES string of the molecule is CCCCCCCCc1ccc(N2N=C(C(=O)O)C(=Cc3ccc4c(c3)CCCN4c3ccc(C)cc3)C2=O)cc1. The van der Waals surface area contributed by atoms with Crippen LogP contribution in [0.15, 0.2) is 77.4 Å². The molecule has 0 saturated heterocycles. The van der Waals surface area contributed by atoms with Gasteiger partial charge in [0.25, 0.3) is 5.91 Å². The van der Waals surface area contributed by atoms with Gasteiger partial charge in [0, 0.05) is 17.9 Å². The van der Waals surface area contributed by atoms with Crippen LogP contribution in [0.3, 0.4) is 0 Å². The van der Waals surface area contributed by atoms with E-state index in [0.29, 0.717) is 5.69 Å². The second kappa shape index (κ2) is 13.0. The van der Waals surface area contributed by atoms with Crippen LogP contribution < -0.4 is 9.91 Å². The maximum absolute atomic E-state index is 13.4. The zero-order valence-corrected chi connectivity index (χ0v) is 24.1. The summed E-state index contributed by atoms with van der Waals surface area (Å²) in [6.45, 7) is 5.25. The lowest BCUT2D eigenvalue weighted by Gasteiger charge is -2.31. The number of aliphatic carboxylic acids is 1. The zero-order chi connectivity index (χ0) is 28.8. The Morgan fingerprint density at radius 3 is 2.37 bits per heavy atom. The molecule has 3 aromatic carbocycles. The van der Waals surface area contributed by atoms with Gasteiger partial charge in [-0.3, -0.25) is 4.79 Å². The minimum absolute atomic E-state index is 0.0970. The fraction of sp³-hybridized carbons (Fsp3) is 0.343. The molecular weight excluding hydrogens is 510 g/mol. The van der Waals surface area contributed by atoms with Gasteiger partial charge in [-0.25, -0.2) is 4.79 Å². The van der Waals surface area contributed by atoms with Crippen molar-refractivity contribution in [2.45, 2.75) is 71.6 Å². The van der Waals surface area contributed by atoms with Crippen LogP contribution in [0.4, 0.5) is 17.1 Å². The molecule has 2 aliphatic rings. The van der Waals surface area contributed by atoms with Crippen molar-refractivity contribution in [1.29, 1.82) is 0 Å². The van der Waals surface area contributed by atoms with Gasteiger partial charge in [0.15, 0.2) is 5.71 Å². The van der Waals surface area contributed by atoms with Crippen molar-refractivity contribution < 1.29 is 14.7 Å². The van der Waals surface area contributed by atoms with Gasteiger partial charge in [-0.2, -0.15) is 10.1 Å². The Bertz CT molecular complexity index is 1450. The number of carbonyl (C=O) groups is 2. The fourth-order valence-electron chi connectivity index (χ4n) is 5.66. The summed E-state index contributed by atoms with van der Waals surface area (Å²) < 4.78 is 0. The number of hydrazone groups is 1. The van der Waals surface area contributed by atoms with Gasteiger partial charge < -0.3 is 10.0 Å². The molecule has 6 heteroatoms. The monoisotopic (exact) mass is 549 g/mol. The summed E-state index contributed by atoms with van der Waals surface area (Å²) in [4.78, 5) is 27.8. The van der Waals surface area contributed by atoms with Crippen LogP contribution in [0.5, 0.6) is 0 Å². The number of unbranched alkanes of at least 4 members (excludes halogenated alkanes) is 5. The molecule has 0 atom stereocenters. The van der Waals surface area contributed by atoms with Gasteiger partial charge in [0.2, 0.25) is 0 Å². The number of hydrogen-bond acceptors (Lipinski definition) is 4. The molecule has 212 valence electrons. The third-order valence-corrected chi connectivity index (χ3v) is 7.96. The minimum Gasteiger partial charge on any atom is -0.476 e. The first-order valence-electron chi connectivity index (χ1n) is 14.9. The Balaban J connectivity index is 1.32. The van der Waals surface area contributed by atoms with Crippen molar-refractivity contribution >= 4 is 40.7 Å². The molecule has 0 aromatic heterocycles. The van der Waals surface area contributed by atoms with Crippen LogP contribution in [0.2, 0.25) is 0 Å². The van der Waals surface area contributed by atoms with Crippen LogP contribution in [0.25, 0.3) is 6.08 Å². The van der Waals surface area contributed by atoms with Crippen molar-refractivity contribution in [1.82, 2.24) is 0 Å². The topological polar surface area (TPSA) is 73.2 Å². The summed E-state index contributed by atoms with van der Waals surface area (Å²) in [5.74, 6) is -1.64. The number of carboxylic acids is 1. The van der Waals surface area contributed by atoms with E-state index in [-0.39, 0.29) is 11.3 Å². The van der Waals surface area contributed by atoms with Gasteiger partial charge >= 0.3 is 5.97 Å². The fourth-order valence-corrected chi connectivity index (χ4v) is 5.66. The molecule has 1 amide bonds. The molecule has 2 aliphatic heterocycles. The smallest absolute Gasteiger partial charge is 0.357 e. The van der Waals surface area contributed by atoms with E-state index in [9.17, 15) is 14.7 Å². The van der Waals surface area contributed by atoms with E-state index in [2.05, 4.69) is 60.2 Å². The van der Waals surface area contributed by atoms with Crippen LogP contribution in [0.1, 0.15) is 74.1 Å². The molecular formula is C35H39N3O3. The molecule has 3 aromatic rings. The number of nitrogens with zero attached hydrogens (tertiary/aromatic N) is 3. The lowest BCUT2D eigenvalue weighted by molar-refractivity contribution is -0.129. The summed E-state index contributed by atoms with van der Waals surface area (Å²) in [5, 5.41) is 15.3. The first kappa shape index (κ1) is 28.3. The van der Waals surface area contributed by atoms with Gasteiger partial charge in [-0.05, 0) is 91.8 Å². The van der Waals surface area contributed by atoms with E-state index >= 15 is 0 Å². The van der Waals surface area contributed by atoms with Gasteiger partial charge in [0.05, 0.1) is 11.3 Å². The molecule has 0 fully saturated rings. The second-order valence-corrected chi connectivity index (χ2v) is 11.1. The van der Waals surface area contributed by atoms with E-state index in [0.717, 1.165) is 49.2 Å². The first-order chi connectivity index (χ1) is 19.9. The predicted molar refractivity (Wildman–Crippen MR) is 167 cm³/mol. The van der Waals surface area contributed by atoms with Gasteiger partial charge in [-0.15, -0.1) is 0 Å². The molecule has 0 aliphatic carbocycles. The highest BCUT2D eigenvalue weighted by atomic mass is 16.4. The summed E-state index contributed by atoms with van der Waals surface area (Å²) in [6, 6.07) is 22.3. The molecule has 6 nitrogen and oxygen atoms in total. The highest BCUT2D eigenvalue weighted by Crippen LogP contribution is 2.35. The highest BCUT2D eigenvalue weighted by molar-refractivity contribution is 6.53. The van der Waals surface area contributed by atoms with E-state index < -0.39 is 11.9 Å². The van der Waals surface area contributed by atoms with E-state index in [1.165, 1.54) is 53.8 Å². The molecule has 0 unspecified atom stereocenters. The third-order valence-electron chi connectivity index (χ3n) is 7.96. The lowest BCUT2D eigenvalue weighted by Crippen LogP contribution is -2.24. The Kier molecular flexibility index (Phi) is 8.98. The second-order valence-electron chi connectivity index (χ2n) is 11.1. The van der Waals surface area contributed by atoms with Crippen molar-refractivity contribution in [2.24, 2.45) is 5.10 Å². The largest absolute Gasteiger partial charge is 0.476 e. The summed E-state index contributed by atoms with van der Waals surface area (Å²) in [6.07, 6.45) is 12.1. The molecule has 5 rings (SSSR count). The third kappa shape index (κ3) is 6.59. The number of amides is 1. The number of carbonyl (C=O) groups excluding carboxylic acids is 1. The van der Waals surface area contributed by atoms with Crippen molar-refractivity contribution in [3.8, 4) is 0 Å². The standard InChI is InChI=1S/C35H39N3O3/c1-3-4-5-6-7-8-10-26-14-19-30(20-15-26)38-34(39)31(33(36-38)35(40)41)24-27-16-21-32-28(23-27)11-9-22-37(32)29-17-12-25(2)13-18-29/h12-21,23-24H,3-11,22H2,1-2H3,(H,40,41). The Morgan fingerprint density at radius 2 is 1.63 bits per heavy atom.